The Bertz CT molecular complexity index is 1020. The van der Waals surface area contributed by atoms with E-state index in [0.717, 1.165) is 47.5 Å². The van der Waals surface area contributed by atoms with Crippen molar-refractivity contribution in [2.24, 2.45) is 4.99 Å². The lowest BCUT2D eigenvalue weighted by Crippen LogP contribution is -2.03. The third kappa shape index (κ3) is 1.81. The second kappa shape index (κ2) is 4.49. The summed E-state index contributed by atoms with van der Waals surface area (Å²) in [5.41, 5.74) is 5.43. The van der Waals surface area contributed by atoms with Gasteiger partial charge in [-0.05, 0) is 31.4 Å². The van der Waals surface area contributed by atoms with Crippen molar-refractivity contribution in [2.45, 2.75) is 19.3 Å². The SMILES string of the molecule is Oc1nc2nc3c(nn2c1/C=C1\C=Nc2ccccc21)CCC3. The lowest BCUT2D eigenvalue weighted by atomic mass is 10.1. The van der Waals surface area contributed by atoms with Crippen LogP contribution in [0.15, 0.2) is 29.3 Å². The van der Waals surface area contributed by atoms with Crippen molar-refractivity contribution >= 4 is 29.3 Å². The van der Waals surface area contributed by atoms with Crippen molar-refractivity contribution < 1.29 is 5.11 Å². The van der Waals surface area contributed by atoms with Crippen LogP contribution < -0.4 is 0 Å². The Morgan fingerprint density at radius 2 is 1.96 bits per heavy atom. The number of allylic oxidation sites excluding steroid dienone is 1. The molecule has 1 N–H and O–H groups in total. The first kappa shape index (κ1) is 12.5. The molecule has 5 rings (SSSR count). The molecule has 1 aliphatic carbocycles. The molecule has 0 spiro atoms. The maximum Gasteiger partial charge on any atom is 0.254 e. The highest BCUT2D eigenvalue weighted by Gasteiger charge is 2.20. The van der Waals surface area contributed by atoms with Gasteiger partial charge in [0, 0.05) is 17.4 Å². The number of hydrogen-bond donors (Lipinski definition) is 1. The number of imidazole rings is 1. The topological polar surface area (TPSA) is 75.7 Å². The molecule has 1 aliphatic heterocycles. The van der Waals surface area contributed by atoms with Crippen molar-refractivity contribution in [1.29, 1.82) is 0 Å². The van der Waals surface area contributed by atoms with Crippen LogP contribution in [0.25, 0.3) is 17.4 Å². The van der Waals surface area contributed by atoms with Gasteiger partial charge in [-0.25, -0.2) is 4.98 Å². The predicted octanol–water partition coefficient (Wildman–Crippen LogP) is 2.58. The molecule has 0 radical (unpaired) electrons. The summed E-state index contributed by atoms with van der Waals surface area (Å²) in [6.45, 7) is 0. The van der Waals surface area contributed by atoms with Gasteiger partial charge >= 0.3 is 0 Å². The zero-order valence-corrected chi connectivity index (χ0v) is 12.3. The van der Waals surface area contributed by atoms with E-state index in [1.165, 1.54) is 0 Å². The summed E-state index contributed by atoms with van der Waals surface area (Å²) < 4.78 is 1.63. The first-order valence-corrected chi connectivity index (χ1v) is 7.62. The second-order valence-corrected chi connectivity index (χ2v) is 5.77. The lowest BCUT2D eigenvalue weighted by Gasteiger charge is -2.01. The van der Waals surface area contributed by atoms with Gasteiger partial charge in [-0.3, -0.25) is 4.99 Å². The van der Waals surface area contributed by atoms with E-state index < -0.39 is 0 Å². The molecule has 3 heterocycles. The van der Waals surface area contributed by atoms with Crippen LogP contribution in [0.5, 0.6) is 5.88 Å². The van der Waals surface area contributed by atoms with Crippen LogP contribution in [0, 0.1) is 0 Å². The Morgan fingerprint density at radius 1 is 1.09 bits per heavy atom. The molecular formula is C17H13N5O. The molecule has 2 aromatic heterocycles. The smallest absolute Gasteiger partial charge is 0.254 e. The van der Waals surface area contributed by atoms with Gasteiger partial charge < -0.3 is 5.11 Å². The first-order chi connectivity index (χ1) is 11.3. The molecule has 3 aromatic rings. The zero-order chi connectivity index (χ0) is 15.4. The molecular weight excluding hydrogens is 290 g/mol. The van der Waals surface area contributed by atoms with Crippen molar-refractivity contribution in [3.63, 3.8) is 0 Å². The Balaban J connectivity index is 1.71. The molecule has 0 fully saturated rings. The fourth-order valence-corrected chi connectivity index (χ4v) is 3.18. The summed E-state index contributed by atoms with van der Waals surface area (Å²) >= 11 is 0. The van der Waals surface area contributed by atoms with Gasteiger partial charge in [0.05, 0.1) is 17.1 Å². The largest absolute Gasteiger partial charge is 0.492 e. The van der Waals surface area contributed by atoms with Crippen LogP contribution in [-0.2, 0) is 12.8 Å². The van der Waals surface area contributed by atoms with Crippen LogP contribution in [0.4, 0.5) is 5.69 Å². The van der Waals surface area contributed by atoms with E-state index in [0.29, 0.717) is 11.5 Å². The number of benzene rings is 1. The van der Waals surface area contributed by atoms with Crippen molar-refractivity contribution in [1.82, 2.24) is 19.6 Å². The van der Waals surface area contributed by atoms with E-state index in [2.05, 4.69) is 20.1 Å². The molecule has 0 bridgehead atoms. The van der Waals surface area contributed by atoms with Gasteiger partial charge in [0.25, 0.3) is 5.78 Å². The summed E-state index contributed by atoms with van der Waals surface area (Å²) in [7, 11) is 0. The van der Waals surface area contributed by atoms with Crippen LogP contribution in [0.2, 0.25) is 0 Å². The Morgan fingerprint density at radius 3 is 2.91 bits per heavy atom. The number of rotatable bonds is 1. The number of aromatic hydroxyl groups is 1. The van der Waals surface area contributed by atoms with Crippen LogP contribution in [0.3, 0.4) is 0 Å². The second-order valence-electron chi connectivity index (χ2n) is 5.77. The Labute approximate surface area is 131 Å². The average Bonchev–Trinajstić information content (AvgIpc) is 3.24. The minimum absolute atomic E-state index is 0.0565. The van der Waals surface area contributed by atoms with Crippen molar-refractivity contribution in [3.05, 3.63) is 46.9 Å². The van der Waals surface area contributed by atoms with E-state index in [1.807, 2.05) is 30.3 Å². The quantitative estimate of drug-likeness (QED) is 0.749. The number of hydrogen-bond acceptors (Lipinski definition) is 5. The number of aliphatic imine (C=N–C) groups is 1. The van der Waals surface area contributed by atoms with E-state index in [4.69, 9.17) is 0 Å². The van der Waals surface area contributed by atoms with Crippen LogP contribution in [-0.4, -0.2) is 30.9 Å². The van der Waals surface area contributed by atoms with Crippen molar-refractivity contribution in [3.8, 4) is 5.88 Å². The highest BCUT2D eigenvalue weighted by Crippen LogP contribution is 2.33. The summed E-state index contributed by atoms with van der Waals surface area (Å²) in [5, 5.41) is 14.8. The average molecular weight is 303 g/mol. The Hall–Kier alpha value is -3.02. The molecule has 0 saturated carbocycles. The van der Waals surface area contributed by atoms with Crippen molar-refractivity contribution in [2.75, 3.05) is 0 Å². The van der Waals surface area contributed by atoms with Gasteiger partial charge in [-0.2, -0.15) is 14.6 Å². The van der Waals surface area contributed by atoms with Crippen LogP contribution >= 0.6 is 0 Å². The maximum absolute atomic E-state index is 10.2. The molecule has 0 saturated heterocycles. The van der Waals surface area contributed by atoms with Gasteiger partial charge in [-0.1, -0.05) is 18.2 Å². The molecule has 6 heteroatoms. The third-order valence-corrected chi connectivity index (χ3v) is 4.32. The molecule has 1 aromatic carbocycles. The monoisotopic (exact) mass is 303 g/mol. The fraction of sp³-hybridized carbons (Fsp3) is 0.176. The first-order valence-electron chi connectivity index (χ1n) is 7.62. The van der Waals surface area contributed by atoms with Gasteiger partial charge in [0.2, 0.25) is 5.88 Å². The van der Waals surface area contributed by atoms with E-state index >= 15 is 0 Å². The van der Waals surface area contributed by atoms with E-state index in [9.17, 15) is 5.11 Å². The normalized spacial score (nSPS) is 17.1. The molecule has 112 valence electrons. The standard InChI is InChI=1S/C17H13N5O/c23-16-15(8-10-9-18-12-5-2-1-4-11(10)12)22-17(20-16)19-13-6-3-7-14(13)21-22/h1-2,4-5,8-9,23H,3,6-7H2/b10-8+. The fourth-order valence-electron chi connectivity index (χ4n) is 3.18. The minimum Gasteiger partial charge on any atom is -0.492 e. The third-order valence-electron chi connectivity index (χ3n) is 4.32. The lowest BCUT2D eigenvalue weighted by molar-refractivity contribution is 0.455. The summed E-state index contributed by atoms with van der Waals surface area (Å²) in [6, 6.07) is 7.91. The number of aryl methyl sites for hydroxylation is 2. The van der Waals surface area contributed by atoms with Gasteiger partial charge in [0.1, 0.15) is 5.69 Å². The number of para-hydroxylation sites is 1. The minimum atomic E-state index is -0.0565. The Kier molecular flexibility index (Phi) is 2.44. The molecule has 0 atom stereocenters. The molecule has 0 amide bonds. The van der Waals surface area contributed by atoms with Crippen LogP contribution in [0.1, 0.15) is 29.1 Å². The number of fused-ring (bicyclic) bond motifs is 3. The van der Waals surface area contributed by atoms with E-state index in [-0.39, 0.29) is 5.88 Å². The predicted molar refractivity (Wildman–Crippen MR) is 86.9 cm³/mol. The van der Waals surface area contributed by atoms with Gasteiger partial charge in [-0.15, -0.1) is 0 Å². The molecule has 6 nitrogen and oxygen atoms in total. The maximum atomic E-state index is 10.2. The summed E-state index contributed by atoms with van der Waals surface area (Å²) in [6.07, 6.45) is 6.59. The molecule has 23 heavy (non-hydrogen) atoms. The number of aromatic nitrogens is 4. The summed E-state index contributed by atoms with van der Waals surface area (Å²) in [4.78, 5) is 13.1. The zero-order valence-electron chi connectivity index (χ0n) is 12.3. The molecule has 0 unspecified atom stereocenters. The highest BCUT2D eigenvalue weighted by atomic mass is 16.3. The molecule has 2 aliphatic rings. The highest BCUT2D eigenvalue weighted by molar-refractivity contribution is 6.21. The number of nitrogens with zero attached hydrogens (tertiary/aromatic N) is 5. The summed E-state index contributed by atoms with van der Waals surface area (Å²) in [5.74, 6) is 0.386. The van der Waals surface area contributed by atoms with Gasteiger partial charge in [0.15, 0.2) is 0 Å². The van der Waals surface area contributed by atoms with E-state index in [1.54, 1.807) is 10.7 Å².